The van der Waals surface area contributed by atoms with E-state index in [4.69, 9.17) is 5.73 Å². The van der Waals surface area contributed by atoms with Crippen LogP contribution in [0, 0.1) is 5.92 Å². The van der Waals surface area contributed by atoms with Crippen LogP contribution in [0.5, 0.6) is 0 Å². The summed E-state index contributed by atoms with van der Waals surface area (Å²) in [6, 6.07) is 4.35. The SMILES string of the molecule is NCC1CCN(CCc2ccc(Br)s2)C1. The monoisotopic (exact) mass is 288 g/mol. The molecule has 2 rings (SSSR count). The van der Waals surface area contributed by atoms with E-state index >= 15 is 0 Å². The van der Waals surface area contributed by atoms with Gasteiger partial charge in [0, 0.05) is 18.0 Å². The lowest BCUT2D eigenvalue weighted by Crippen LogP contribution is -2.25. The Morgan fingerprint density at radius 1 is 1.53 bits per heavy atom. The highest BCUT2D eigenvalue weighted by atomic mass is 79.9. The molecule has 0 bridgehead atoms. The summed E-state index contributed by atoms with van der Waals surface area (Å²) in [7, 11) is 0. The number of hydrogen-bond acceptors (Lipinski definition) is 3. The topological polar surface area (TPSA) is 29.3 Å². The Morgan fingerprint density at radius 2 is 2.40 bits per heavy atom. The van der Waals surface area contributed by atoms with Crippen LogP contribution in [0.25, 0.3) is 0 Å². The van der Waals surface area contributed by atoms with Gasteiger partial charge in [-0.15, -0.1) is 11.3 Å². The van der Waals surface area contributed by atoms with Gasteiger partial charge < -0.3 is 10.6 Å². The van der Waals surface area contributed by atoms with E-state index in [2.05, 4.69) is 33.0 Å². The average molecular weight is 289 g/mol. The van der Waals surface area contributed by atoms with Crippen molar-refractivity contribution in [3.63, 3.8) is 0 Å². The molecule has 1 fully saturated rings. The van der Waals surface area contributed by atoms with Crippen molar-refractivity contribution < 1.29 is 0 Å². The molecular formula is C11H17BrN2S. The Bertz CT molecular complexity index is 313. The quantitative estimate of drug-likeness (QED) is 0.922. The first-order chi connectivity index (χ1) is 7.28. The van der Waals surface area contributed by atoms with Crippen molar-refractivity contribution in [3.05, 3.63) is 20.8 Å². The lowest BCUT2D eigenvalue weighted by molar-refractivity contribution is 0.330. The number of nitrogens with zero attached hydrogens (tertiary/aromatic N) is 1. The van der Waals surface area contributed by atoms with Crippen LogP contribution in [0.2, 0.25) is 0 Å². The molecule has 0 aromatic carbocycles. The van der Waals surface area contributed by atoms with Crippen molar-refractivity contribution in [1.29, 1.82) is 0 Å². The molecule has 0 spiro atoms. The Balaban J connectivity index is 1.75. The number of halogens is 1. The summed E-state index contributed by atoms with van der Waals surface area (Å²) in [5, 5.41) is 0. The first kappa shape index (κ1) is 11.6. The number of rotatable bonds is 4. The summed E-state index contributed by atoms with van der Waals surface area (Å²) < 4.78 is 1.23. The number of hydrogen-bond donors (Lipinski definition) is 1. The van der Waals surface area contributed by atoms with Gasteiger partial charge in [-0.2, -0.15) is 0 Å². The smallest absolute Gasteiger partial charge is 0.0701 e. The Hall–Kier alpha value is 0.1000. The molecule has 2 N–H and O–H groups in total. The predicted octanol–water partition coefficient (Wildman–Crippen LogP) is 2.33. The van der Waals surface area contributed by atoms with Crippen LogP contribution < -0.4 is 5.73 Å². The molecule has 1 aliphatic heterocycles. The van der Waals surface area contributed by atoms with E-state index in [-0.39, 0.29) is 0 Å². The van der Waals surface area contributed by atoms with Crippen LogP contribution in [0.15, 0.2) is 15.9 Å². The fraction of sp³-hybridized carbons (Fsp3) is 0.636. The minimum atomic E-state index is 0.736. The molecule has 0 saturated carbocycles. The van der Waals surface area contributed by atoms with Gasteiger partial charge in [-0.1, -0.05) is 0 Å². The maximum atomic E-state index is 5.68. The molecule has 2 nitrogen and oxygen atoms in total. The van der Waals surface area contributed by atoms with Gasteiger partial charge in [0.25, 0.3) is 0 Å². The van der Waals surface area contributed by atoms with Gasteiger partial charge in [0.15, 0.2) is 0 Å². The normalized spacial score (nSPS) is 22.4. The van der Waals surface area contributed by atoms with E-state index < -0.39 is 0 Å². The van der Waals surface area contributed by atoms with Crippen LogP contribution in [0.3, 0.4) is 0 Å². The average Bonchev–Trinajstić information content (AvgIpc) is 2.83. The van der Waals surface area contributed by atoms with Crippen LogP contribution in [-0.2, 0) is 6.42 Å². The summed E-state index contributed by atoms with van der Waals surface area (Å²) in [5.74, 6) is 0.736. The first-order valence-corrected chi connectivity index (χ1v) is 7.05. The Labute approximate surface area is 104 Å². The van der Waals surface area contributed by atoms with Crippen molar-refractivity contribution in [3.8, 4) is 0 Å². The molecule has 2 heterocycles. The predicted molar refractivity (Wildman–Crippen MR) is 69.3 cm³/mol. The van der Waals surface area contributed by atoms with Gasteiger partial charge in [-0.25, -0.2) is 0 Å². The Morgan fingerprint density at radius 3 is 3.00 bits per heavy atom. The molecule has 84 valence electrons. The van der Waals surface area contributed by atoms with E-state index in [1.807, 2.05) is 11.3 Å². The van der Waals surface area contributed by atoms with Crippen LogP contribution in [-0.4, -0.2) is 31.1 Å². The highest BCUT2D eigenvalue weighted by Gasteiger charge is 2.20. The highest BCUT2D eigenvalue weighted by Crippen LogP contribution is 2.23. The number of thiophene rings is 1. The van der Waals surface area contributed by atoms with E-state index in [1.54, 1.807) is 0 Å². The number of nitrogens with two attached hydrogens (primary N) is 1. The summed E-state index contributed by atoms with van der Waals surface area (Å²) in [5.41, 5.74) is 5.68. The zero-order valence-electron chi connectivity index (χ0n) is 8.79. The van der Waals surface area contributed by atoms with Gasteiger partial charge in [0.1, 0.15) is 0 Å². The van der Waals surface area contributed by atoms with E-state index in [0.717, 1.165) is 12.5 Å². The molecule has 0 aliphatic carbocycles. The molecule has 1 aromatic heterocycles. The minimum absolute atomic E-state index is 0.736. The maximum Gasteiger partial charge on any atom is 0.0701 e. The maximum absolute atomic E-state index is 5.68. The van der Waals surface area contributed by atoms with Crippen molar-refractivity contribution in [2.45, 2.75) is 12.8 Å². The van der Waals surface area contributed by atoms with Crippen molar-refractivity contribution in [1.82, 2.24) is 4.90 Å². The van der Waals surface area contributed by atoms with E-state index in [1.165, 1.54) is 41.1 Å². The minimum Gasteiger partial charge on any atom is -0.330 e. The molecule has 1 aliphatic rings. The van der Waals surface area contributed by atoms with Crippen LogP contribution in [0.1, 0.15) is 11.3 Å². The molecule has 0 radical (unpaired) electrons. The van der Waals surface area contributed by atoms with Gasteiger partial charge in [0.2, 0.25) is 0 Å². The zero-order valence-corrected chi connectivity index (χ0v) is 11.2. The van der Waals surface area contributed by atoms with E-state index in [0.29, 0.717) is 0 Å². The molecule has 4 heteroatoms. The summed E-state index contributed by atoms with van der Waals surface area (Å²) >= 11 is 5.34. The molecular weight excluding hydrogens is 272 g/mol. The largest absolute Gasteiger partial charge is 0.330 e. The first-order valence-electron chi connectivity index (χ1n) is 5.44. The second kappa shape index (κ2) is 5.43. The second-order valence-electron chi connectivity index (χ2n) is 4.15. The molecule has 1 unspecified atom stereocenters. The Kier molecular flexibility index (Phi) is 4.20. The highest BCUT2D eigenvalue weighted by molar-refractivity contribution is 9.11. The summed E-state index contributed by atoms with van der Waals surface area (Å²) in [4.78, 5) is 4.00. The van der Waals surface area contributed by atoms with Crippen LogP contribution >= 0.6 is 27.3 Å². The third kappa shape index (κ3) is 3.28. The third-order valence-electron chi connectivity index (χ3n) is 3.01. The van der Waals surface area contributed by atoms with Crippen molar-refractivity contribution >= 4 is 27.3 Å². The second-order valence-corrected chi connectivity index (χ2v) is 6.69. The van der Waals surface area contributed by atoms with Gasteiger partial charge >= 0.3 is 0 Å². The fourth-order valence-electron chi connectivity index (χ4n) is 2.06. The number of likely N-dealkylation sites (tertiary alicyclic amines) is 1. The zero-order chi connectivity index (χ0) is 10.7. The van der Waals surface area contributed by atoms with Crippen molar-refractivity contribution in [2.24, 2.45) is 11.7 Å². The molecule has 15 heavy (non-hydrogen) atoms. The summed E-state index contributed by atoms with van der Waals surface area (Å²) in [6.45, 7) is 4.46. The summed E-state index contributed by atoms with van der Waals surface area (Å²) in [6.07, 6.45) is 2.46. The van der Waals surface area contributed by atoms with E-state index in [9.17, 15) is 0 Å². The van der Waals surface area contributed by atoms with Gasteiger partial charge in [-0.3, -0.25) is 0 Å². The van der Waals surface area contributed by atoms with Crippen molar-refractivity contribution in [2.75, 3.05) is 26.2 Å². The standard InChI is InChI=1S/C11H17BrN2S/c12-11-2-1-10(15-11)4-6-14-5-3-9(7-13)8-14/h1-2,9H,3-8,13H2. The molecule has 1 saturated heterocycles. The van der Waals surface area contributed by atoms with Gasteiger partial charge in [0.05, 0.1) is 3.79 Å². The molecule has 0 amide bonds. The lowest BCUT2D eigenvalue weighted by Gasteiger charge is -2.14. The molecule has 1 atom stereocenters. The third-order valence-corrected chi connectivity index (χ3v) is 4.69. The van der Waals surface area contributed by atoms with Gasteiger partial charge in [-0.05, 0) is 59.9 Å². The lowest BCUT2D eigenvalue weighted by atomic mass is 10.1. The molecule has 1 aromatic rings. The van der Waals surface area contributed by atoms with Crippen LogP contribution in [0.4, 0.5) is 0 Å². The fourth-order valence-corrected chi connectivity index (χ4v) is 3.53.